The van der Waals surface area contributed by atoms with Crippen molar-refractivity contribution < 1.29 is 19.1 Å². The number of rotatable bonds is 6. The summed E-state index contributed by atoms with van der Waals surface area (Å²) in [5, 5.41) is 0. The Labute approximate surface area is 121 Å². The van der Waals surface area contributed by atoms with E-state index in [-0.39, 0.29) is 24.7 Å². The Bertz CT molecular complexity index is 312. The van der Waals surface area contributed by atoms with Crippen LogP contribution in [0.1, 0.15) is 33.6 Å². The highest BCUT2D eigenvalue weighted by atomic mass is 16.6. The van der Waals surface area contributed by atoms with Crippen LogP contribution < -0.4 is 0 Å². The maximum Gasteiger partial charge on any atom is 0.409 e. The third-order valence-corrected chi connectivity index (χ3v) is 3.15. The highest BCUT2D eigenvalue weighted by Crippen LogP contribution is 2.05. The minimum absolute atomic E-state index is 0.0160. The number of amides is 2. The summed E-state index contributed by atoms with van der Waals surface area (Å²) < 4.78 is 10.5. The molecule has 0 aromatic heterocycles. The number of carbonyl (C=O) groups excluding carboxylic acids is 2. The van der Waals surface area contributed by atoms with E-state index < -0.39 is 0 Å². The van der Waals surface area contributed by atoms with Gasteiger partial charge in [0.25, 0.3) is 0 Å². The summed E-state index contributed by atoms with van der Waals surface area (Å²) in [4.78, 5) is 27.0. The number of hydrogen-bond donors (Lipinski definition) is 0. The molecular formula is C14H26N2O4. The Morgan fingerprint density at radius 1 is 1.10 bits per heavy atom. The Balaban J connectivity index is 2.25. The monoisotopic (exact) mass is 286 g/mol. The van der Waals surface area contributed by atoms with Gasteiger partial charge in [-0.1, -0.05) is 13.3 Å². The van der Waals surface area contributed by atoms with Crippen LogP contribution in [0.3, 0.4) is 0 Å². The highest BCUT2D eigenvalue weighted by molar-refractivity contribution is 5.78. The zero-order chi connectivity index (χ0) is 15.0. The molecule has 1 aliphatic rings. The van der Waals surface area contributed by atoms with Crippen LogP contribution in [0.5, 0.6) is 0 Å². The molecule has 6 heteroatoms. The van der Waals surface area contributed by atoms with Crippen LogP contribution in [-0.4, -0.2) is 67.3 Å². The first-order valence-electron chi connectivity index (χ1n) is 7.35. The molecule has 6 nitrogen and oxygen atoms in total. The van der Waals surface area contributed by atoms with Gasteiger partial charge in [0.05, 0.1) is 12.7 Å². The van der Waals surface area contributed by atoms with Gasteiger partial charge in [0, 0.05) is 26.2 Å². The van der Waals surface area contributed by atoms with E-state index in [2.05, 4.69) is 6.92 Å². The molecule has 1 rings (SSSR count). The van der Waals surface area contributed by atoms with Gasteiger partial charge >= 0.3 is 6.09 Å². The zero-order valence-electron chi connectivity index (χ0n) is 12.8. The molecule has 20 heavy (non-hydrogen) atoms. The molecule has 1 fully saturated rings. The molecule has 0 N–H and O–H groups in total. The van der Waals surface area contributed by atoms with Crippen LogP contribution in [0, 0.1) is 0 Å². The minimum atomic E-state index is -0.274. The number of ether oxygens (including phenoxy) is 2. The molecule has 1 heterocycles. The van der Waals surface area contributed by atoms with Crippen LogP contribution in [0.2, 0.25) is 0 Å². The summed E-state index contributed by atoms with van der Waals surface area (Å²) in [5.74, 6) is -0.0160. The second-order valence-corrected chi connectivity index (χ2v) is 5.20. The third kappa shape index (κ3) is 5.77. The second-order valence-electron chi connectivity index (χ2n) is 5.20. The Morgan fingerprint density at radius 2 is 1.70 bits per heavy atom. The van der Waals surface area contributed by atoms with Gasteiger partial charge in [-0.05, 0) is 20.3 Å². The number of carbonyl (C=O) groups is 2. The number of piperazine rings is 1. The molecule has 0 radical (unpaired) electrons. The highest BCUT2D eigenvalue weighted by Gasteiger charge is 2.24. The van der Waals surface area contributed by atoms with Gasteiger partial charge in [-0.25, -0.2) is 4.79 Å². The summed E-state index contributed by atoms with van der Waals surface area (Å²) in [7, 11) is 0. The average Bonchev–Trinajstić information content (AvgIpc) is 2.45. The lowest BCUT2D eigenvalue weighted by molar-refractivity contribution is -0.139. The molecule has 0 aromatic carbocycles. The minimum Gasteiger partial charge on any atom is -0.449 e. The molecule has 0 spiro atoms. The van der Waals surface area contributed by atoms with Gasteiger partial charge in [0.1, 0.15) is 6.61 Å². The van der Waals surface area contributed by atoms with Crippen molar-refractivity contribution in [2.45, 2.75) is 39.7 Å². The Hall–Kier alpha value is -1.30. The van der Waals surface area contributed by atoms with Gasteiger partial charge in [0.2, 0.25) is 5.91 Å². The zero-order valence-corrected chi connectivity index (χ0v) is 12.8. The predicted molar refractivity (Wildman–Crippen MR) is 75.5 cm³/mol. The fraction of sp³-hybridized carbons (Fsp3) is 0.857. The molecule has 1 saturated heterocycles. The molecule has 0 atom stereocenters. The van der Waals surface area contributed by atoms with E-state index in [1.807, 2.05) is 13.8 Å². The summed E-state index contributed by atoms with van der Waals surface area (Å²) in [6, 6.07) is 0. The molecule has 0 unspecified atom stereocenters. The predicted octanol–water partition coefficient (Wildman–Crippen LogP) is 1.49. The van der Waals surface area contributed by atoms with Gasteiger partial charge in [-0.3, -0.25) is 4.79 Å². The lowest BCUT2D eigenvalue weighted by Gasteiger charge is -2.34. The molecule has 116 valence electrons. The van der Waals surface area contributed by atoms with E-state index in [0.29, 0.717) is 32.8 Å². The third-order valence-electron chi connectivity index (χ3n) is 3.15. The van der Waals surface area contributed by atoms with Crippen molar-refractivity contribution in [2.75, 3.05) is 39.4 Å². The van der Waals surface area contributed by atoms with E-state index in [1.54, 1.807) is 9.80 Å². The van der Waals surface area contributed by atoms with E-state index in [1.165, 1.54) is 0 Å². The number of hydrogen-bond acceptors (Lipinski definition) is 4. The molecule has 2 amide bonds. The van der Waals surface area contributed by atoms with Gasteiger partial charge in [0.15, 0.2) is 0 Å². The van der Waals surface area contributed by atoms with Crippen molar-refractivity contribution in [2.24, 2.45) is 0 Å². The lowest BCUT2D eigenvalue weighted by atomic mass is 10.3. The maximum atomic E-state index is 11.9. The van der Waals surface area contributed by atoms with E-state index in [4.69, 9.17) is 9.47 Å². The first-order chi connectivity index (χ1) is 9.54. The lowest BCUT2D eigenvalue weighted by Crippen LogP contribution is -2.51. The Morgan fingerprint density at radius 3 is 2.25 bits per heavy atom. The largest absolute Gasteiger partial charge is 0.449 e. The van der Waals surface area contributed by atoms with Crippen LogP contribution in [0.25, 0.3) is 0 Å². The summed E-state index contributed by atoms with van der Waals surface area (Å²) in [6.45, 7) is 8.57. The SMILES string of the molecule is CCCCOC(=O)N1CCN(C(=O)COC(C)C)CC1. The van der Waals surface area contributed by atoms with Crippen LogP contribution in [0.4, 0.5) is 4.79 Å². The van der Waals surface area contributed by atoms with Crippen LogP contribution in [0.15, 0.2) is 0 Å². The van der Waals surface area contributed by atoms with Crippen LogP contribution in [-0.2, 0) is 14.3 Å². The molecule has 1 aliphatic heterocycles. The smallest absolute Gasteiger partial charge is 0.409 e. The van der Waals surface area contributed by atoms with Crippen molar-refractivity contribution in [3.63, 3.8) is 0 Å². The fourth-order valence-electron chi connectivity index (χ4n) is 1.86. The number of nitrogens with zero attached hydrogens (tertiary/aromatic N) is 2. The van der Waals surface area contributed by atoms with Crippen LogP contribution >= 0.6 is 0 Å². The second kappa shape index (κ2) is 8.79. The van der Waals surface area contributed by atoms with E-state index in [9.17, 15) is 9.59 Å². The first-order valence-corrected chi connectivity index (χ1v) is 7.35. The van der Waals surface area contributed by atoms with E-state index in [0.717, 1.165) is 12.8 Å². The standard InChI is InChI=1S/C14H26N2O4/c1-4-5-10-19-14(18)16-8-6-15(7-9-16)13(17)11-20-12(2)3/h12H,4-11H2,1-3H3. The molecule has 0 saturated carbocycles. The quantitative estimate of drug-likeness (QED) is 0.694. The fourth-order valence-corrected chi connectivity index (χ4v) is 1.86. The van der Waals surface area contributed by atoms with Crippen molar-refractivity contribution >= 4 is 12.0 Å². The van der Waals surface area contributed by atoms with Gasteiger partial charge in [-0.15, -0.1) is 0 Å². The summed E-state index contributed by atoms with van der Waals surface area (Å²) >= 11 is 0. The van der Waals surface area contributed by atoms with Gasteiger partial charge in [-0.2, -0.15) is 0 Å². The van der Waals surface area contributed by atoms with Crippen molar-refractivity contribution in [3.8, 4) is 0 Å². The molecular weight excluding hydrogens is 260 g/mol. The molecule has 0 aromatic rings. The van der Waals surface area contributed by atoms with E-state index >= 15 is 0 Å². The van der Waals surface area contributed by atoms with Crippen molar-refractivity contribution in [1.29, 1.82) is 0 Å². The average molecular weight is 286 g/mol. The van der Waals surface area contributed by atoms with Crippen molar-refractivity contribution in [1.82, 2.24) is 9.80 Å². The topological polar surface area (TPSA) is 59.1 Å². The normalized spacial score (nSPS) is 15.6. The maximum absolute atomic E-state index is 11.9. The number of unbranched alkanes of at least 4 members (excludes halogenated alkanes) is 1. The molecule has 0 aliphatic carbocycles. The molecule has 0 bridgehead atoms. The van der Waals surface area contributed by atoms with Gasteiger partial charge < -0.3 is 19.3 Å². The van der Waals surface area contributed by atoms with Crippen molar-refractivity contribution in [3.05, 3.63) is 0 Å². The first kappa shape index (κ1) is 16.8. The summed E-state index contributed by atoms with van der Waals surface area (Å²) in [6.07, 6.45) is 1.67. The Kier molecular flexibility index (Phi) is 7.36. The summed E-state index contributed by atoms with van der Waals surface area (Å²) in [5.41, 5.74) is 0.